The standard InChI is InChI=1S/C13H20N4O/c1-16-6-8-17(9-7-16)15-10-11-2-4-12(5-3-11)13(14)18/h2-5,15H,6-10H2,1H3,(H2,14,18). The van der Waals surface area contributed by atoms with Gasteiger partial charge in [-0.25, -0.2) is 5.01 Å². The second-order valence-electron chi connectivity index (χ2n) is 4.69. The normalized spacial score (nSPS) is 17.8. The van der Waals surface area contributed by atoms with Crippen molar-refractivity contribution in [3.05, 3.63) is 35.4 Å². The first kappa shape index (κ1) is 13.0. The Balaban J connectivity index is 1.81. The summed E-state index contributed by atoms with van der Waals surface area (Å²) in [6.45, 7) is 5.04. The minimum Gasteiger partial charge on any atom is -0.366 e. The van der Waals surface area contributed by atoms with Gasteiger partial charge in [-0.3, -0.25) is 10.2 Å². The summed E-state index contributed by atoms with van der Waals surface area (Å²) in [5.41, 5.74) is 10.3. The van der Waals surface area contributed by atoms with Crippen molar-refractivity contribution in [1.82, 2.24) is 15.3 Å². The second-order valence-corrected chi connectivity index (χ2v) is 4.69. The number of likely N-dealkylation sites (N-methyl/N-ethyl adjacent to an activating group) is 1. The Kier molecular flexibility index (Phi) is 4.30. The van der Waals surface area contributed by atoms with Gasteiger partial charge < -0.3 is 10.6 Å². The lowest BCUT2D eigenvalue weighted by atomic mass is 10.1. The Morgan fingerprint density at radius 3 is 2.39 bits per heavy atom. The summed E-state index contributed by atoms with van der Waals surface area (Å²) in [5.74, 6) is -0.381. The molecule has 0 unspecified atom stereocenters. The average molecular weight is 248 g/mol. The first-order valence-corrected chi connectivity index (χ1v) is 6.21. The lowest BCUT2D eigenvalue weighted by Gasteiger charge is -2.32. The third-order valence-electron chi connectivity index (χ3n) is 3.25. The summed E-state index contributed by atoms with van der Waals surface area (Å²) in [6.07, 6.45) is 0. The molecule has 5 nitrogen and oxygen atoms in total. The number of carbonyl (C=O) groups is 1. The lowest BCUT2D eigenvalue weighted by molar-refractivity contribution is 0.0999. The summed E-state index contributed by atoms with van der Waals surface area (Å²) in [4.78, 5) is 13.3. The van der Waals surface area contributed by atoms with Crippen LogP contribution < -0.4 is 11.2 Å². The van der Waals surface area contributed by atoms with E-state index in [0.29, 0.717) is 5.56 Å². The highest BCUT2D eigenvalue weighted by Crippen LogP contribution is 2.04. The van der Waals surface area contributed by atoms with Crippen LogP contribution in [-0.4, -0.2) is 49.0 Å². The molecule has 1 aromatic rings. The van der Waals surface area contributed by atoms with Crippen LogP contribution in [0.3, 0.4) is 0 Å². The highest BCUT2D eigenvalue weighted by Gasteiger charge is 2.12. The minimum absolute atomic E-state index is 0.381. The van der Waals surface area contributed by atoms with E-state index in [4.69, 9.17) is 5.73 Å². The van der Waals surface area contributed by atoms with Gasteiger partial charge in [0.05, 0.1) is 0 Å². The molecule has 5 heteroatoms. The van der Waals surface area contributed by atoms with E-state index >= 15 is 0 Å². The van der Waals surface area contributed by atoms with Gasteiger partial charge in [-0.1, -0.05) is 12.1 Å². The van der Waals surface area contributed by atoms with Gasteiger partial charge in [0.15, 0.2) is 0 Å². The molecule has 0 saturated carbocycles. The van der Waals surface area contributed by atoms with Gasteiger partial charge in [-0.2, -0.15) is 0 Å². The third kappa shape index (κ3) is 3.53. The minimum atomic E-state index is -0.381. The maximum absolute atomic E-state index is 10.9. The summed E-state index contributed by atoms with van der Waals surface area (Å²) in [7, 11) is 2.14. The Bertz CT molecular complexity index is 396. The Morgan fingerprint density at radius 1 is 1.22 bits per heavy atom. The van der Waals surface area contributed by atoms with Gasteiger partial charge in [0.25, 0.3) is 0 Å². The molecule has 0 aliphatic carbocycles. The van der Waals surface area contributed by atoms with Crippen LogP contribution in [0.5, 0.6) is 0 Å². The number of hydrazine groups is 1. The number of nitrogens with zero attached hydrogens (tertiary/aromatic N) is 2. The molecule has 1 aliphatic heterocycles. The van der Waals surface area contributed by atoms with E-state index < -0.39 is 0 Å². The molecule has 0 spiro atoms. The molecule has 98 valence electrons. The zero-order valence-electron chi connectivity index (χ0n) is 10.7. The van der Waals surface area contributed by atoms with Crippen LogP contribution >= 0.6 is 0 Å². The molecule has 0 atom stereocenters. The van der Waals surface area contributed by atoms with Crippen molar-refractivity contribution in [2.75, 3.05) is 33.2 Å². The smallest absolute Gasteiger partial charge is 0.248 e. The number of nitrogens with one attached hydrogen (secondary N) is 1. The van der Waals surface area contributed by atoms with Crippen molar-refractivity contribution < 1.29 is 4.79 Å². The largest absolute Gasteiger partial charge is 0.366 e. The fourth-order valence-electron chi connectivity index (χ4n) is 1.95. The lowest BCUT2D eigenvalue weighted by Crippen LogP contribution is -2.50. The number of hydrogen-bond acceptors (Lipinski definition) is 4. The number of nitrogens with two attached hydrogens (primary N) is 1. The van der Waals surface area contributed by atoms with E-state index in [1.54, 1.807) is 12.1 Å². The van der Waals surface area contributed by atoms with Gasteiger partial charge in [-0.05, 0) is 24.7 Å². The van der Waals surface area contributed by atoms with Crippen LogP contribution in [0, 0.1) is 0 Å². The van der Waals surface area contributed by atoms with E-state index in [-0.39, 0.29) is 5.91 Å². The predicted octanol–water partition coefficient (Wildman–Crippen LogP) is 0.0375. The number of rotatable bonds is 4. The first-order valence-electron chi connectivity index (χ1n) is 6.21. The van der Waals surface area contributed by atoms with E-state index in [9.17, 15) is 4.79 Å². The Labute approximate surface area is 108 Å². The molecule has 1 aromatic carbocycles. The quantitative estimate of drug-likeness (QED) is 0.789. The molecule has 1 amide bonds. The van der Waals surface area contributed by atoms with E-state index in [2.05, 4.69) is 22.4 Å². The van der Waals surface area contributed by atoms with Crippen molar-refractivity contribution >= 4 is 5.91 Å². The molecule has 0 radical (unpaired) electrons. The van der Waals surface area contributed by atoms with E-state index in [1.807, 2.05) is 12.1 Å². The molecule has 18 heavy (non-hydrogen) atoms. The monoisotopic (exact) mass is 248 g/mol. The molecular weight excluding hydrogens is 228 g/mol. The molecule has 1 saturated heterocycles. The van der Waals surface area contributed by atoms with Gasteiger partial charge in [0.2, 0.25) is 5.91 Å². The summed E-state index contributed by atoms with van der Waals surface area (Å²) in [6, 6.07) is 7.40. The van der Waals surface area contributed by atoms with E-state index in [0.717, 1.165) is 38.3 Å². The predicted molar refractivity (Wildman–Crippen MR) is 70.9 cm³/mol. The number of piperazine rings is 1. The van der Waals surface area contributed by atoms with Gasteiger partial charge >= 0.3 is 0 Å². The van der Waals surface area contributed by atoms with Gasteiger partial charge in [0.1, 0.15) is 0 Å². The van der Waals surface area contributed by atoms with Gasteiger partial charge in [0, 0.05) is 38.3 Å². The van der Waals surface area contributed by atoms with Crippen LogP contribution in [0.15, 0.2) is 24.3 Å². The van der Waals surface area contributed by atoms with Crippen molar-refractivity contribution in [3.8, 4) is 0 Å². The summed E-state index contributed by atoms with van der Waals surface area (Å²) >= 11 is 0. The zero-order chi connectivity index (χ0) is 13.0. The van der Waals surface area contributed by atoms with Crippen LogP contribution in [0.1, 0.15) is 15.9 Å². The molecule has 0 aromatic heterocycles. The zero-order valence-corrected chi connectivity index (χ0v) is 10.7. The maximum Gasteiger partial charge on any atom is 0.248 e. The summed E-state index contributed by atoms with van der Waals surface area (Å²) in [5, 5.41) is 2.24. The maximum atomic E-state index is 10.9. The third-order valence-corrected chi connectivity index (χ3v) is 3.25. The Morgan fingerprint density at radius 2 is 1.83 bits per heavy atom. The van der Waals surface area contributed by atoms with Crippen molar-refractivity contribution in [3.63, 3.8) is 0 Å². The van der Waals surface area contributed by atoms with Crippen LogP contribution in [0.25, 0.3) is 0 Å². The average Bonchev–Trinajstić information content (AvgIpc) is 2.38. The second kappa shape index (κ2) is 5.95. The number of primary amides is 1. The van der Waals surface area contributed by atoms with Crippen molar-refractivity contribution in [1.29, 1.82) is 0 Å². The van der Waals surface area contributed by atoms with Crippen LogP contribution in [0.2, 0.25) is 0 Å². The molecule has 1 aliphatic rings. The molecule has 0 bridgehead atoms. The van der Waals surface area contributed by atoms with Crippen molar-refractivity contribution in [2.24, 2.45) is 5.73 Å². The number of amides is 1. The van der Waals surface area contributed by atoms with E-state index in [1.165, 1.54) is 0 Å². The highest BCUT2D eigenvalue weighted by atomic mass is 16.1. The highest BCUT2D eigenvalue weighted by molar-refractivity contribution is 5.92. The van der Waals surface area contributed by atoms with Crippen molar-refractivity contribution in [2.45, 2.75) is 6.54 Å². The topological polar surface area (TPSA) is 61.6 Å². The fourth-order valence-corrected chi connectivity index (χ4v) is 1.95. The molecular formula is C13H20N4O. The molecule has 3 N–H and O–H groups in total. The molecule has 2 rings (SSSR count). The van der Waals surface area contributed by atoms with Gasteiger partial charge in [-0.15, -0.1) is 0 Å². The Hall–Kier alpha value is -1.43. The van der Waals surface area contributed by atoms with Crippen LogP contribution in [-0.2, 0) is 6.54 Å². The molecule has 1 fully saturated rings. The SMILES string of the molecule is CN1CCN(NCc2ccc(C(N)=O)cc2)CC1. The number of hydrogen-bond donors (Lipinski definition) is 2. The summed E-state index contributed by atoms with van der Waals surface area (Å²) < 4.78 is 0. The number of carbonyl (C=O) groups excluding carboxylic acids is 1. The first-order chi connectivity index (χ1) is 8.65. The number of benzene rings is 1. The van der Waals surface area contributed by atoms with Crippen LogP contribution in [0.4, 0.5) is 0 Å². The molecule has 1 heterocycles. The fraction of sp³-hybridized carbons (Fsp3) is 0.462.